The first-order valence-corrected chi connectivity index (χ1v) is 8.57. The van der Waals surface area contributed by atoms with Crippen LogP contribution in [-0.4, -0.2) is 40.0 Å². The maximum atomic E-state index is 13.3. The highest BCUT2D eigenvalue weighted by Crippen LogP contribution is 2.19. The van der Waals surface area contributed by atoms with Crippen molar-refractivity contribution in [3.05, 3.63) is 29.6 Å². The molecular formula is C14H22FN3O2S. The lowest BCUT2D eigenvalue weighted by Crippen LogP contribution is -2.39. The van der Waals surface area contributed by atoms with Crippen molar-refractivity contribution in [3.8, 4) is 0 Å². The Morgan fingerprint density at radius 1 is 1.48 bits per heavy atom. The second kappa shape index (κ2) is 6.83. The molecule has 118 valence electrons. The van der Waals surface area contributed by atoms with E-state index in [4.69, 9.17) is 5.73 Å². The highest BCUT2D eigenvalue weighted by Gasteiger charge is 2.22. The van der Waals surface area contributed by atoms with Gasteiger partial charge in [0.05, 0.1) is 4.90 Å². The topological polar surface area (TPSA) is 75.4 Å². The fraction of sp³-hybridized carbons (Fsp3) is 0.571. The molecule has 1 unspecified atom stereocenters. The third kappa shape index (κ3) is 4.23. The molecule has 0 amide bonds. The van der Waals surface area contributed by atoms with E-state index in [1.807, 2.05) is 7.05 Å². The molecule has 1 atom stereocenters. The Morgan fingerprint density at radius 3 is 2.90 bits per heavy atom. The van der Waals surface area contributed by atoms with Gasteiger partial charge in [-0.05, 0) is 50.0 Å². The van der Waals surface area contributed by atoms with E-state index in [0.29, 0.717) is 12.1 Å². The van der Waals surface area contributed by atoms with E-state index in [1.54, 1.807) is 0 Å². The molecule has 0 bridgehead atoms. The molecule has 0 radical (unpaired) electrons. The fourth-order valence-corrected chi connectivity index (χ4v) is 4.07. The standard InChI is InChI=1S/C14H22FN3O2S/c1-18-6-2-3-11(10-18)9-17-21(19,20)14-7-13(15)5-4-12(14)8-16/h4-5,7,11,17H,2-3,6,8-10,16H2,1H3. The van der Waals surface area contributed by atoms with Gasteiger partial charge in [0.2, 0.25) is 10.0 Å². The summed E-state index contributed by atoms with van der Waals surface area (Å²) in [6.45, 7) is 2.34. The lowest BCUT2D eigenvalue weighted by atomic mass is 9.99. The minimum Gasteiger partial charge on any atom is -0.326 e. The first-order chi connectivity index (χ1) is 9.92. The van der Waals surface area contributed by atoms with Gasteiger partial charge in [-0.2, -0.15) is 0 Å². The molecule has 0 saturated carbocycles. The lowest BCUT2D eigenvalue weighted by molar-refractivity contribution is 0.211. The van der Waals surface area contributed by atoms with Crippen LogP contribution in [0.25, 0.3) is 0 Å². The number of benzene rings is 1. The Bertz CT molecular complexity index is 592. The number of piperidine rings is 1. The second-order valence-electron chi connectivity index (χ2n) is 5.58. The summed E-state index contributed by atoms with van der Waals surface area (Å²) in [5.41, 5.74) is 5.95. The Balaban J connectivity index is 2.09. The number of hydrogen-bond donors (Lipinski definition) is 2. The van der Waals surface area contributed by atoms with Gasteiger partial charge in [0.1, 0.15) is 5.82 Å². The molecule has 1 aromatic carbocycles. The van der Waals surface area contributed by atoms with Crippen LogP contribution >= 0.6 is 0 Å². The van der Waals surface area contributed by atoms with E-state index in [-0.39, 0.29) is 17.4 Å². The van der Waals surface area contributed by atoms with Gasteiger partial charge in [0.25, 0.3) is 0 Å². The summed E-state index contributed by atoms with van der Waals surface area (Å²) in [5.74, 6) is -0.293. The maximum Gasteiger partial charge on any atom is 0.241 e. The summed E-state index contributed by atoms with van der Waals surface area (Å²) in [4.78, 5) is 2.13. The van der Waals surface area contributed by atoms with Crippen LogP contribution in [0.4, 0.5) is 4.39 Å². The summed E-state index contributed by atoms with van der Waals surface area (Å²) in [7, 11) is -1.70. The fourth-order valence-electron chi connectivity index (χ4n) is 2.69. The Hall–Kier alpha value is -1.02. The molecule has 1 aromatic rings. The van der Waals surface area contributed by atoms with Crippen LogP contribution in [0.1, 0.15) is 18.4 Å². The van der Waals surface area contributed by atoms with Gasteiger partial charge < -0.3 is 10.6 Å². The van der Waals surface area contributed by atoms with Crippen LogP contribution in [0.5, 0.6) is 0 Å². The van der Waals surface area contributed by atoms with Crippen LogP contribution in [-0.2, 0) is 16.6 Å². The van der Waals surface area contributed by atoms with Crippen molar-refractivity contribution in [3.63, 3.8) is 0 Å². The zero-order valence-electron chi connectivity index (χ0n) is 12.2. The number of nitrogens with two attached hydrogens (primary N) is 1. The van der Waals surface area contributed by atoms with Crippen molar-refractivity contribution in [2.24, 2.45) is 11.7 Å². The van der Waals surface area contributed by atoms with E-state index in [9.17, 15) is 12.8 Å². The number of hydrogen-bond acceptors (Lipinski definition) is 4. The average molecular weight is 315 g/mol. The molecule has 21 heavy (non-hydrogen) atoms. The minimum atomic E-state index is -3.73. The average Bonchev–Trinajstić information content (AvgIpc) is 2.45. The van der Waals surface area contributed by atoms with Gasteiger partial charge in [-0.3, -0.25) is 0 Å². The smallest absolute Gasteiger partial charge is 0.241 e. The third-order valence-corrected chi connectivity index (χ3v) is 5.33. The number of halogens is 1. The molecule has 1 saturated heterocycles. The molecule has 1 aliphatic rings. The van der Waals surface area contributed by atoms with Gasteiger partial charge in [-0.15, -0.1) is 0 Å². The van der Waals surface area contributed by atoms with Crippen LogP contribution < -0.4 is 10.5 Å². The molecule has 0 aliphatic carbocycles. The van der Waals surface area contributed by atoms with E-state index in [0.717, 1.165) is 32.0 Å². The predicted molar refractivity (Wildman–Crippen MR) is 79.7 cm³/mol. The first-order valence-electron chi connectivity index (χ1n) is 7.09. The molecule has 5 nitrogen and oxygen atoms in total. The lowest BCUT2D eigenvalue weighted by Gasteiger charge is -2.29. The largest absolute Gasteiger partial charge is 0.326 e. The van der Waals surface area contributed by atoms with Crippen molar-refractivity contribution in [2.45, 2.75) is 24.3 Å². The molecule has 1 aliphatic heterocycles. The monoisotopic (exact) mass is 315 g/mol. The van der Waals surface area contributed by atoms with Crippen LogP contribution in [0.2, 0.25) is 0 Å². The van der Waals surface area contributed by atoms with Crippen molar-refractivity contribution in [2.75, 3.05) is 26.7 Å². The Kier molecular flexibility index (Phi) is 5.32. The Labute approximate surface area is 125 Å². The highest BCUT2D eigenvalue weighted by molar-refractivity contribution is 7.89. The van der Waals surface area contributed by atoms with E-state index >= 15 is 0 Å². The van der Waals surface area contributed by atoms with Crippen molar-refractivity contribution in [1.82, 2.24) is 9.62 Å². The molecule has 7 heteroatoms. The number of nitrogens with one attached hydrogen (secondary N) is 1. The highest BCUT2D eigenvalue weighted by atomic mass is 32.2. The summed E-state index contributed by atoms with van der Waals surface area (Å²) in [6, 6.07) is 3.66. The van der Waals surface area contributed by atoms with E-state index in [1.165, 1.54) is 12.1 Å². The van der Waals surface area contributed by atoms with Crippen molar-refractivity contribution < 1.29 is 12.8 Å². The van der Waals surface area contributed by atoms with Gasteiger partial charge in [0, 0.05) is 19.6 Å². The van der Waals surface area contributed by atoms with Gasteiger partial charge in [-0.25, -0.2) is 17.5 Å². The van der Waals surface area contributed by atoms with Crippen molar-refractivity contribution >= 4 is 10.0 Å². The number of sulfonamides is 1. The number of likely N-dealkylation sites (tertiary alicyclic amines) is 1. The zero-order valence-corrected chi connectivity index (χ0v) is 13.0. The zero-order chi connectivity index (χ0) is 15.5. The van der Waals surface area contributed by atoms with Gasteiger partial charge in [-0.1, -0.05) is 6.07 Å². The van der Waals surface area contributed by atoms with Gasteiger partial charge >= 0.3 is 0 Å². The molecule has 0 spiro atoms. The van der Waals surface area contributed by atoms with Crippen LogP contribution in [0.3, 0.4) is 0 Å². The van der Waals surface area contributed by atoms with E-state index in [2.05, 4.69) is 9.62 Å². The molecule has 0 aromatic heterocycles. The molecular weight excluding hydrogens is 293 g/mol. The molecule has 1 fully saturated rings. The number of nitrogens with zero attached hydrogens (tertiary/aromatic N) is 1. The summed E-state index contributed by atoms with van der Waals surface area (Å²) in [6.07, 6.45) is 2.07. The second-order valence-corrected chi connectivity index (χ2v) is 7.31. The summed E-state index contributed by atoms with van der Waals surface area (Å²) in [5, 5.41) is 0. The SMILES string of the molecule is CN1CCCC(CNS(=O)(=O)c2cc(F)ccc2CN)C1. The quantitative estimate of drug-likeness (QED) is 0.847. The predicted octanol–water partition coefficient (Wildman–Crippen LogP) is 0.905. The Morgan fingerprint density at radius 2 is 2.24 bits per heavy atom. The molecule has 1 heterocycles. The van der Waals surface area contributed by atoms with Crippen molar-refractivity contribution in [1.29, 1.82) is 0 Å². The third-order valence-electron chi connectivity index (χ3n) is 3.82. The first kappa shape index (κ1) is 16.4. The normalized spacial score (nSPS) is 20.6. The molecule has 2 rings (SSSR count). The summed E-state index contributed by atoms with van der Waals surface area (Å²) < 4.78 is 40.6. The summed E-state index contributed by atoms with van der Waals surface area (Å²) >= 11 is 0. The van der Waals surface area contributed by atoms with Gasteiger partial charge in [0.15, 0.2) is 0 Å². The molecule has 3 N–H and O–H groups in total. The van der Waals surface area contributed by atoms with Crippen LogP contribution in [0.15, 0.2) is 23.1 Å². The number of rotatable bonds is 5. The minimum absolute atomic E-state index is 0.0582. The maximum absolute atomic E-state index is 13.3. The van der Waals surface area contributed by atoms with Crippen LogP contribution in [0, 0.1) is 11.7 Å². The van der Waals surface area contributed by atoms with E-state index < -0.39 is 15.8 Å².